The van der Waals surface area contributed by atoms with Gasteiger partial charge >= 0.3 is 0 Å². The molecule has 0 heterocycles. The summed E-state index contributed by atoms with van der Waals surface area (Å²) < 4.78 is 10.7. The van der Waals surface area contributed by atoms with Gasteiger partial charge in [0.15, 0.2) is 0 Å². The highest BCUT2D eigenvalue weighted by Crippen LogP contribution is 2.20. The highest BCUT2D eigenvalue weighted by atomic mass is 16.5. The standard InChI is InChI=1S/C16H27NO2/c1-13(2)10-17-11-14(12-18-3)9-15-7-5-6-8-16(15)19-4/h5-8,13-14,17H,9-12H2,1-4H3. The van der Waals surface area contributed by atoms with Gasteiger partial charge in [0, 0.05) is 13.7 Å². The number of para-hydroxylation sites is 1. The molecule has 0 radical (unpaired) electrons. The molecule has 19 heavy (non-hydrogen) atoms. The Morgan fingerprint density at radius 1 is 1.11 bits per heavy atom. The minimum absolute atomic E-state index is 0.472. The van der Waals surface area contributed by atoms with E-state index in [1.54, 1.807) is 14.2 Å². The maximum atomic E-state index is 5.41. The van der Waals surface area contributed by atoms with Gasteiger partial charge in [0.1, 0.15) is 5.75 Å². The van der Waals surface area contributed by atoms with Gasteiger partial charge in [-0.25, -0.2) is 0 Å². The van der Waals surface area contributed by atoms with Crippen LogP contribution in [0.4, 0.5) is 0 Å². The Kier molecular flexibility index (Phi) is 7.53. The Bertz CT molecular complexity index is 352. The molecule has 0 aromatic heterocycles. The molecule has 0 amide bonds. The summed E-state index contributed by atoms with van der Waals surface area (Å²) >= 11 is 0. The van der Waals surface area contributed by atoms with Crippen molar-refractivity contribution in [2.45, 2.75) is 20.3 Å². The van der Waals surface area contributed by atoms with Gasteiger partial charge in [-0.15, -0.1) is 0 Å². The predicted octanol–water partition coefficient (Wildman–Crippen LogP) is 2.75. The molecule has 1 atom stereocenters. The lowest BCUT2D eigenvalue weighted by Gasteiger charge is -2.19. The van der Waals surface area contributed by atoms with Gasteiger partial charge < -0.3 is 14.8 Å². The molecular weight excluding hydrogens is 238 g/mol. The van der Waals surface area contributed by atoms with Gasteiger partial charge in [0.2, 0.25) is 0 Å². The summed E-state index contributed by atoms with van der Waals surface area (Å²) in [6.07, 6.45) is 0.975. The molecule has 0 fully saturated rings. The number of rotatable bonds is 9. The molecule has 3 heteroatoms. The third-order valence-electron chi connectivity index (χ3n) is 3.09. The van der Waals surface area contributed by atoms with Crippen LogP contribution in [0.15, 0.2) is 24.3 Å². The Labute approximate surface area is 117 Å². The van der Waals surface area contributed by atoms with Crippen LogP contribution in [0, 0.1) is 11.8 Å². The predicted molar refractivity (Wildman–Crippen MR) is 79.8 cm³/mol. The van der Waals surface area contributed by atoms with Gasteiger partial charge in [-0.2, -0.15) is 0 Å². The van der Waals surface area contributed by atoms with Crippen molar-refractivity contribution in [2.24, 2.45) is 11.8 Å². The third-order valence-corrected chi connectivity index (χ3v) is 3.09. The van der Waals surface area contributed by atoms with Crippen molar-refractivity contribution in [2.75, 3.05) is 33.9 Å². The number of nitrogens with one attached hydrogen (secondary N) is 1. The molecule has 1 rings (SSSR count). The Balaban J connectivity index is 2.56. The van der Waals surface area contributed by atoms with Gasteiger partial charge in [-0.3, -0.25) is 0 Å². The third kappa shape index (κ3) is 6.08. The van der Waals surface area contributed by atoms with Crippen molar-refractivity contribution in [1.82, 2.24) is 5.32 Å². The summed E-state index contributed by atoms with van der Waals surface area (Å²) in [6, 6.07) is 8.21. The summed E-state index contributed by atoms with van der Waals surface area (Å²) in [4.78, 5) is 0. The average molecular weight is 265 g/mol. The molecule has 1 aromatic rings. The van der Waals surface area contributed by atoms with Crippen LogP contribution in [0.25, 0.3) is 0 Å². The molecule has 0 spiro atoms. The van der Waals surface area contributed by atoms with Crippen molar-refractivity contribution < 1.29 is 9.47 Å². The van der Waals surface area contributed by atoms with E-state index in [9.17, 15) is 0 Å². The molecule has 1 N–H and O–H groups in total. The minimum atomic E-state index is 0.472. The second kappa shape index (κ2) is 8.94. The van der Waals surface area contributed by atoms with Crippen molar-refractivity contribution in [3.05, 3.63) is 29.8 Å². The van der Waals surface area contributed by atoms with Crippen LogP contribution in [0.5, 0.6) is 5.75 Å². The smallest absolute Gasteiger partial charge is 0.122 e. The fraction of sp³-hybridized carbons (Fsp3) is 0.625. The lowest BCUT2D eigenvalue weighted by Crippen LogP contribution is -2.30. The number of hydrogen-bond acceptors (Lipinski definition) is 3. The molecule has 108 valence electrons. The van der Waals surface area contributed by atoms with E-state index in [-0.39, 0.29) is 0 Å². The summed E-state index contributed by atoms with van der Waals surface area (Å²) in [5, 5.41) is 3.51. The lowest BCUT2D eigenvalue weighted by molar-refractivity contribution is 0.150. The molecule has 0 aliphatic carbocycles. The first-order valence-corrected chi connectivity index (χ1v) is 6.99. The lowest BCUT2D eigenvalue weighted by atomic mass is 9.99. The number of methoxy groups -OCH3 is 2. The van der Waals surface area contributed by atoms with Crippen LogP contribution in [-0.4, -0.2) is 33.9 Å². The quantitative estimate of drug-likeness (QED) is 0.745. The van der Waals surface area contributed by atoms with Gasteiger partial charge in [-0.05, 0) is 36.4 Å². The zero-order valence-corrected chi connectivity index (χ0v) is 12.6. The van der Waals surface area contributed by atoms with Crippen molar-refractivity contribution in [3.63, 3.8) is 0 Å². The largest absolute Gasteiger partial charge is 0.496 e. The molecule has 3 nitrogen and oxygen atoms in total. The van der Waals surface area contributed by atoms with Gasteiger partial charge in [-0.1, -0.05) is 32.0 Å². The first-order chi connectivity index (χ1) is 9.17. The Hall–Kier alpha value is -1.06. The first kappa shape index (κ1) is 16.0. The molecule has 0 aliphatic rings. The van der Waals surface area contributed by atoms with Gasteiger partial charge in [0.25, 0.3) is 0 Å². The van der Waals surface area contributed by atoms with Crippen LogP contribution in [0.3, 0.4) is 0 Å². The summed E-state index contributed by atoms with van der Waals surface area (Å²) in [6.45, 7) is 7.23. The second-order valence-electron chi connectivity index (χ2n) is 5.39. The molecular formula is C16H27NO2. The number of benzene rings is 1. The topological polar surface area (TPSA) is 30.5 Å². The van der Waals surface area contributed by atoms with Crippen LogP contribution in [0.1, 0.15) is 19.4 Å². The SMILES string of the molecule is COCC(CNCC(C)C)Cc1ccccc1OC. The van der Waals surface area contributed by atoms with E-state index in [2.05, 4.69) is 31.3 Å². The zero-order chi connectivity index (χ0) is 14.1. The average Bonchev–Trinajstić information content (AvgIpc) is 2.39. The normalized spacial score (nSPS) is 12.7. The highest BCUT2D eigenvalue weighted by molar-refractivity contribution is 5.33. The molecule has 1 unspecified atom stereocenters. The fourth-order valence-electron chi connectivity index (χ4n) is 2.18. The zero-order valence-electron chi connectivity index (χ0n) is 12.6. The van der Waals surface area contributed by atoms with Crippen LogP contribution >= 0.6 is 0 Å². The summed E-state index contributed by atoms with van der Waals surface area (Å²) in [7, 11) is 3.48. The van der Waals surface area contributed by atoms with E-state index in [1.807, 2.05) is 12.1 Å². The van der Waals surface area contributed by atoms with E-state index < -0.39 is 0 Å². The monoisotopic (exact) mass is 265 g/mol. The second-order valence-corrected chi connectivity index (χ2v) is 5.39. The molecule has 0 saturated heterocycles. The van der Waals surface area contributed by atoms with Crippen LogP contribution in [0.2, 0.25) is 0 Å². The molecule has 0 bridgehead atoms. The van der Waals surface area contributed by atoms with Crippen LogP contribution in [-0.2, 0) is 11.2 Å². The number of ether oxygens (including phenoxy) is 2. The van der Waals surface area contributed by atoms with E-state index in [0.29, 0.717) is 11.8 Å². The van der Waals surface area contributed by atoms with Crippen molar-refractivity contribution in [1.29, 1.82) is 0 Å². The molecule has 1 aromatic carbocycles. The van der Waals surface area contributed by atoms with E-state index in [0.717, 1.165) is 31.9 Å². The maximum absolute atomic E-state index is 5.41. The Morgan fingerprint density at radius 2 is 1.84 bits per heavy atom. The number of hydrogen-bond donors (Lipinski definition) is 1. The Morgan fingerprint density at radius 3 is 2.47 bits per heavy atom. The molecule has 0 saturated carbocycles. The van der Waals surface area contributed by atoms with Gasteiger partial charge in [0.05, 0.1) is 13.7 Å². The van der Waals surface area contributed by atoms with Crippen LogP contribution < -0.4 is 10.1 Å². The minimum Gasteiger partial charge on any atom is -0.496 e. The molecule has 0 aliphatic heterocycles. The first-order valence-electron chi connectivity index (χ1n) is 6.99. The van der Waals surface area contributed by atoms with Crippen molar-refractivity contribution in [3.8, 4) is 5.75 Å². The van der Waals surface area contributed by atoms with Crippen molar-refractivity contribution >= 4 is 0 Å². The highest BCUT2D eigenvalue weighted by Gasteiger charge is 2.12. The van der Waals surface area contributed by atoms with E-state index in [1.165, 1.54) is 5.56 Å². The van der Waals surface area contributed by atoms with E-state index in [4.69, 9.17) is 9.47 Å². The summed E-state index contributed by atoms with van der Waals surface area (Å²) in [5.74, 6) is 2.11. The van der Waals surface area contributed by atoms with E-state index >= 15 is 0 Å². The maximum Gasteiger partial charge on any atom is 0.122 e. The fourth-order valence-corrected chi connectivity index (χ4v) is 2.18. The summed E-state index contributed by atoms with van der Waals surface area (Å²) in [5.41, 5.74) is 1.25.